The number of hydrogen-bond acceptors (Lipinski definition) is 6. The Balaban J connectivity index is 1.52. The first-order valence-corrected chi connectivity index (χ1v) is 11.6. The lowest BCUT2D eigenvalue weighted by Crippen LogP contribution is -2.58. The smallest absolute Gasteiger partial charge is 0.137 e. The summed E-state index contributed by atoms with van der Waals surface area (Å²) in [4.78, 5) is 8.79. The minimum Gasteiger partial charge on any atom is -0.494 e. The molecule has 172 valence electrons. The zero-order valence-corrected chi connectivity index (χ0v) is 19.6. The summed E-state index contributed by atoms with van der Waals surface area (Å²) in [5, 5.41) is 15.7. The molecule has 0 radical (unpaired) electrons. The van der Waals surface area contributed by atoms with Gasteiger partial charge >= 0.3 is 0 Å². The highest BCUT2D eigenvalue weighted by atomic mass is 16.5. The van der Waals surface area contributed by atoms with E-state index in [4.69, 9.17) is 4.74 Å². The SMILES string of the molecule is CCCCCOc1ccc(N2CCN(CC(O)(Cn3cncn3)C(C)(C)C)CC2)cc1. The van der Waals surface area contributed by atoms with Gasteiger partial charge in [0, 0.05) is 38.4 Å². The van der Waals surface area contributed by atoms with Gasteiger partial charge in [0.05, 0.1) is 13.2 Å². The van der Waals surface area contributed by atoms with Crippen molar-refractivity contribution in [1.29, 1.82) is 0 Å². The first kappa shape index (κ1) is 23.5. The molecule has 1 atom stereocenters. The molecule has 2 heterocycles. The maximum atomic E-state index is 11.5. The second kappa shape index (κ2) is 10.5. The van der Waals surface area contributed by atoms with E-state index >= 15 is 0 Å². The van der Waals surface area contributed by atoms with E-state index in [2.05, 4.69) is 71.8 Å². The van der Waals surface area contributed by atoms with E-state index in [1.165, 1.54) is 24.9 Å². The lowest BCUT2D eigenvalue weighted by atomic mass is 9.76. The van der Waals surface area contributed by atoms with Gasteiger partial charge in [-0.25, -0.2) is 4.98 Å². The van der Waals surface area contributed by atoms with Crippen molar-refractivity contribution in [3.63, 3.8) is 0 Å². The highest BCUT2D eigenvalue weighted by Crippen LogP contribution is 2.33. The lowest BCUT2D eigenvalue weighted by Gasteiger charge is -2.45. The Kier molecular flexibility index (Phi) is 7.94. The monoisotopic (exact) mass is 429 g/mol. The highest BCUT2D eigenvalue weighted by Gasteiger charge is 2.42. The topological polar surface area (TPSA) is 66.7 Å². The number of aromatic nitrogens is 3. The minimum absolute atomic E-state index is 0.275. The van der Waals surface area contributed by atoms with Crippen molar-refractivity contribution in [2.45, 2.75) is 59.1 Å². The fourth-order valence-corrected chi connectivity index (χ4v) is 3.94. The molecule has 1 fully saturated rings. The van der Waals surface area contributed by atoms with E-state index in [1.54, 1.807) is 11.0 Å². The van der Waals surface area contributed by atoms with Crippen LogP contribution >= 0.6 is 0 Å². The Morgan fingerprint density at radius 3 is 2.29 bits per heavy atom. The fraction of sp³-hybridized carbons (Fsp3) is 0.667. The molecule has 3 rings (SSSR count). The molecule has 31 heavy (non-hydrogen) atoms. The van der Waals surface area contributed by atoms with Crippen molar-refractivity contribution in [1.82, 2.24) is 19.7 Å². The van der Waals surface area contributed by atoms with E-state index < -0.39 is 5.60 Å². The zero-order valence-electron chi connectivity index (χ0n) is 19.6. The minimum atomic E-state index is -0.889. The summed E-state index contributed by atoms with van der Waals surface area (Å²) in [5.41, 5.74) is 0.0668. The average molecular weight is 430 g/mol. The van der Waals surface area contributed by atoms with E-state index in [9.17, 15) is 5.11 Å². The van der Waals surface area contributed by atoms with E-state index in [0.717, 1.165) is 45.0 Å². The van der Waals surface area contributed by atoms with E-state index in [0.29, 0.717) is 13.1 Å². The number of unbranched alkanes of at least 4 members (excludes halogenated alkanes) is 2. The molecule has 1 saturated heterocycles. The summed E-state index contributed by atoms with van der Waals surface area (Å²) in [6, 6.07) is 8.45. The van der Waals surface area contributed by atoms with Crippen molar-refractivity contribution in [2.24, 2.45) is 5.41 Å². The molecule has 1 aliphatic rings. The Labute approximate surface area is 187 Å². The number of benzene rings is 1. The molecule has 1 aromatic heterocycles. The molecule has 1 N–H and O–H groups in total. The molecule has 1 aliphatic heterocycles. The maximum absolute atomic E-state index is 11.5. The van der Waals surface area contributed by atoms with Crippen LogP contribution in [0.3, 0.4) is 0 Å². The van der Waals surface area contributed by atoms with Crippen LogP contribution in [0.5, 0.6) is 5.75 Å². The van der Waals surface area contributed by atoms with Crippen LogP contribution < -0.4 is 9.64 Å². The van der Waals surface area contributed by atoms with Crippen molar-refractivity contribution in [3.05, 3.63) is 36.9 Å². The van der Waals surface area contributed by atoms with Crippen LogP contribution in [0, 0.1) is 5.41 Å². The Morgan fingerprint density at radius 1 is 1.00 bits per heavy atom. The van der Waals surface area contributed by atoms with Crippen LogP contribution in [-0.4, -0.2) is 69.7 Å². The summed E-state index contributed by atoms with van der Waals surface area (Å²) < 4.78 is 7.56. The van der Waals surface area contributed by atoms with Crippen LogP contribution in [0.2, 0.25) is 0 Å². The van der Waals surface area contributed by atoms with Gasteiger partial charge < -0.3 is 14.7 Å². The van der Waals surface area contributed by atoms with Crippen LogP contribution in [0.25, 0.3) is 0 Å². The molecular weight excluding hydrogens is 390 g/mol. The molecule has 2 aromatic rings. The zero-order chi connectivity index (χ0) is 22.3. The summed E-state index contributed by atoms with van der Waals surface area (Å²) in [5.74, 6) is 0.946. The van der Waals surface area contributed by atoms with Crippen LogP contribution in [0.1, 0.15) is 47.0 Å². The first-order chi connectivity index (χ1) is 14.8. The third-order valence-corrected chi connectivity index (χ3v) is 6.36. The molecule has 0 bridgehead atoms. The van der Waals surface area contributed by atoms with Gasteiger partial charge in [-0.05, 0) is 36.1 Å². The number of ether oxygens (including phenoxy) is 1. The van der Waals surface area contributed by atoms with Crippen LogP contribution in [0.15, 0.2) is 36.9 Å². The summed E-state index contributed by atoms with van der Waals surface area (Å²) in [6.45, 7) is 14.1. The van der Waals surface area contributed by atoms with E-state index in [-0.39, 0.29) is 5.41 Å². The van der Waals surface area contributed by atoms with E-state index in [1.807, 2.05) is 0 Å². The molecule has 7 nitrogen and oxygen atoms in total. The molecule has 0 amide bonds. The number of anilines is 1. The number of hydrogen-bond donors (Lipinski definition) is 1. The van der Waals surface area contributed by atoms with Gasteiger partial charge in [0.25, 0.3) is 0 Å². The number of nitrogens with zero attached hydrogens (tertiary/aromatic N) is 5. The number of aliphatic hydroxyl groups is 1. The molecule has 0 saturated carbocycles. The number of β-amino-alcohol motifs (C(OH)–C–C–N with tert-alkyl or cyclic N) is 1. The van der Waals surface area contributed by atoms with Crippen molar-refractivity contribution in [3.8, 4) is 5.75 Å². The largest absolute Gasteiger partial charge is 0.494 e. The standard InChI is InChI=1S/C24H39N5O2/c1-5-6-7-16-31-22-10-8-21(9-11-22)28-14-12-27(13-15-28)17-24(30,23(2,3)4)18-29-20-25-19-26-29/h8-11,19-20,30H,5-7,12-18H2,1-4H3. The maximum Gasteiger partial charge on any atom is 0.137 e. The van der Waals surface area contributed by atoms with Gasteiger partial charge in [0.1, 0.15) is 24.0 Å². The van der Waals surface area contributed by atoms with Gasteiger partial charge in [-0.1, -0.05) is 40.5 Å². The van der Waals surface area contributed by atoms with Crippen molar-refractivity contribution >= 4 is 5.69 Å². The predicted molar refractivity (Wildman–Crippen MR) is 125 cm³/mol. The van der Waals surface area contributed by atoms with Gasteiger partial charge in [-0.15, -0.1) is 0 Å². The fourth-order valence-electron chi connectivity index (χ4n) is 3.94. The van der Waals surface area contributed by atoms with Crippen LogP contribution in [-0.2, 0) is 6.54 Å². The summed E-state index contributed by atoms with van der Waals surface area (Å²) in [7, 11) is 0. The second-order valence-corrected chi connectivity index (χ2v) is 9.69. The molecule has 1 unspecified atom stereocenters. The van der Waals surface area contributed by atoms with Gasteiger partial charge in [-0.3, -0.25) is 9.58 Å². The van der Waals surface area contributed by atoms with Crippen molar-refractivity contribution in [2.75, 3.05) is 44.2 Å². The molecule has 1 aromatic carbocycles. The third-order valence-electron chi connectivity index (χ3n) is 6.36. The third kappa shape index (κ3) is 6.43. The number of rotatable bonds is 10. The number of piperazine rings is 1. The Hall–Kier alpha value is -2.12. The summed E-state index contributed by atoms with van der Waals surface area (Å²) in [6.07, 6.45) is 6.72. The predicted octanol–water partition coefficient (Wildman–Crippen LogP) is 3.45. The highest BCUT2D eigenvalue weighted by molar-refractivity contribution is 5.49. The Bertz CT molecular complexity index is 764. The molecule has 0 spiro atoms. The van der Waals surface area contributed by atoms with Crippen LogP contribution in [0.4, 0.5) is 5.69 Å². The van der Waals surface area contributed by atoms with Gasteiger partial charge in [0.2, 0.25) is 0 Å². The Morgan fingerprint density at radius 2 is 1.71 bits per heavy atom. The molecule has 7 heteroatoms. The molecule has 0 aliphatic carbocycles. The van der Waals surface area contributed by atoms with Crippen molar-refractivity contribution < 1.29 is 9.84 Å². The lowest BCUT2D eigenvalue weighted by molar-refractivity contribution is -0.0946. The summed E-state index contributed by atoms with van der Waals surface area (Å²) >= 11 is 0. The quantitative estimate of drug-likeness (QED) is 0.584. The van der Waals surface area contributed by atoms with Gasteiger partial charge in [0.15, 0.2) is 0 Å². The second-order valence-electron chi connectivity index (χ2n) is 9.69. The molecular formula is C24H39N5O2. The first-order valence-electron chi connectivity index (χ1n) is 11.6. The average Bonchev–Trinajstić information content (AvgIpc) is 3.24. The normalized spacial score (nSPS) is 17.5. The van der Waals surface area contributed by atoms with Gasteiger partial charge in [-0.2, -0.15) is 5.10 Å².